The van der Waals surface area contributed by atoms with Crippen LogP contribution in [0.3, 0.4) is 0 Å². The van der Waals surface area contributed by atoms with Gasteiger partial charge in [-0.2, -0.15) is 28.4 Å². The number of methoxy groups -OCH3 is 1. The Bertz CT molecular complexity index is 1250. The number of anilines is 1. The van der Waals surface area contributed by atoms with Gasteiger partial charge in [0.2, 0.25) is 0 Å². The summed E-state index contributed by atoms with van der Waals surface area (Å²) in [5.41, 5.74) is -2.33. The summed E-state index contributed by atoms with van der Waals surface area (Å²) in [5.74, 6) is -0.729. The minimum absolute atomic E-state index is 0.00426. The Balaban J connectivity index is 1.89. The molecule has 0 aliphatic carbocycles. The number of nitrogens with zero attached hydrogens (tertiary/aromatic N) is 5. The minimum atomic E-state index is -4.74. The first-order chi connectivity index (χ1) is 15.7. The Morgan fingerprint density at radius 1 is 1.33 bits per heavy atom. The number of fused-ring (bicyclic) bond motifs is 1. The molecule has 3 aromatic rings. The fourth-order valence-electron chi connectivity index (χ4n) is 3.77. The number of nitrogens with one attached hydrogen (secondary N) is 1. The number of alkyl halides is 3. The van der Waals surface area contributed by atoms with E-state index in [-0.39, 0.29) is 34.4 Å². The summed E-state index contributed by atoms with van der Waals surface area (Å²) in [7, 11) is 1.31. The van der Waals surface area contributed by atoms with Crippen molar-refractivity contribution in [1.82, 2.24) is 20.3 Å². The Morgan fingerprint density at radius 2 is 2.12 bits per heavy atom. The van der Waals surface area contributed by atoms with Crippen molar-refractivity contribution in [3.05, 3.63) is 40.8 Å². The van der Waals surface area contributed by atoms with Gasteiger partial charge in [0.1, 0.15) is 17.0 Å². The third kappa shape index (κ3) is 4.49. The number of hydrogen-bond donors (Lipinski definition) is 1. The van der Waals surface area contributed by atoms with E-state index in [2.05, 4.69) is 26.3 Å². The molecule has 0 amide bonds. The molecule has 4 rings (SSSR count). The van der Waals surface area contributed by atoms with E-state index in [1.165, 1.54) is 13.3 Å². The van der Waals surface area contributed by atoms with Crippen LogP contribution in [-0.2, 0) is 6.18 Å². The summed E-state index contributed by atoms with van der Waals surface area (Å²) in [6.45, 7) is 1.48. The van der Waals surface area contributed by atoms with E-state index in [9.17, 15) is 13.2 Å². The van der Waals surface area contributed by atoms with Gasteiger partial charge >= 0.3 is 12.2 Å². The summed E-state index contributed by atoms with van der Waals surface area (Å²) >= 11 is 5.90. The fourth-order valence-corrected chi connectivity index (χ4v) is 3.94. The van der Waals surface area contributed by atoms with Gasteiger partial charge in [-0.3, -0.25) is 4.98 Å². The van der Waals surface area contributed by atoms with E-state index >= 15 is 4.39 Å². The van der Waals surface area contributed by atoms with E-state index in [0.29, 0.717) is 25.5 Å². The number of piperazine rings is 1. The maximum Gasteiger partial charge on any atom is 0.417 e. The van der Waals surface area contributed by atoms with Crippen LogP contribution in [0.25, 0.3) is 22.2 Å². The first-order valence-electron chi connectivity index (χ1n) is 9.85. The van der Waals surface area contributed by atoms with Crippen LogP contribution < -0.4 is 15.0 Å². The third-order valence-electron chi connectivity index (χ3n) is 5.26. The van der Waals surface area contributed by atoms with Gasteiger partial charge in [0.15, 0.2) is 5.82 Å². The van der Waals surface area contributed by atoms with Gasteiger partial charge in [0.25, 0.3) is 0 Å². The van der Waals surface area contributed by atoms with Crippen molar-refractivity contribution in [3.8, 4) is 23.3 Å². The number of halogens is 5. The molecule has 3 heterocycles. The van der Waals surface area contributed by atoms with Crippen LogP contribution in [0.1, 0.15) is 12.0 Å². The normalized spacial score (nSPS) is 16.6. The van der Waals surface area contributed by atoms with Crippen LogP contribution in [0.5, 0.6) is 6.01 Å². The molecule has 12 heteroatoms. The van der Waals surface area contributed by atoms with E-state index in [1.807, 2.05) is 4.90 Å². The highest BCUT2D eigenvalue weighted by Crippen LogP contribution is 2.40. The second kappa shape index (κ2) is 8.96. The zero-order valence-electron chi connectivity index (χ0n) is 17.2. The molecular formula is C21H17ClF4N6O. The predicted molar refractivity (Wildman–Crippen MR) is 114 cm³/mol. The SMILES string of the molecule is COc1nc(N2CCNC(CC#N)C2)c2cnc(-c3cc(Cl)ccc3C(F)(F)F)c(F)c2n1. The smallest absolute Gasteiger partial charge is 0.417 e. The molecule has 0 radical (unpaired) electrons. The van der Waals surface area contributed by atoms with Crippen molar-refractivity contribution in [1.29, 1.82) is 5.26 Å². The second-order valence-corrected chi connectivity index (χ2v) is 7.80. The van der Waals surface area contributed by atoms with Crippen LogP contribution in [-0.4, -0.2) is 47.7 Å². The molecule has 1 aliphatic heterocycles. The van der Waals surface area contributed by atoms with Crippen molar-refractivity contribution in [2.45, 2.75) is 18.6 Å². The Kier molecular flexibility index (Phi) is 6.23. The highest BCUT2D eigenvalue weighted by atomic mass is 35.5. The maximum absolute atomic E-state index is 15.6. The molecule has 0 saturated carbocycles. The van der Waals surface area contributed by atoms with Gasteiger partial charge < -0.3 is 15.0 Å². The number of hydrogen-bond acceptors (Lipinski definition) is 7. The van der Waals surface area contributed by atoms with Gasteiger partial charge in [0.05, 0.1) is 30.5 Å². The van der Waals surface area contributed by atoms with Gasteiger partial charge in [0, 0.05) is 42.5 Å². The standard InChI is InChI=1S/C21H17ClF4N6O/c1-33-20-30-18-14(19(31-20)32-7-6-28-12(10-32)4-5-27)9-29-17(16(18)23)13-8-11(22)2-3-15(13)21(24,25)26/h2-3,8-9,12,28H,4,6-7,10H2,1H3. The van der Waals surface area contributed by atoms with E-state index in [0.717, 1.165) is 18.2 Å². The monoisotopic (exact) mass is 480 g/mol. The number of rotatable bonds is 4. The van der Waals surface area contributed by atoms with Crippen LogP contribution in [0.15, 0.2) is 24.4 Å². The van der Waals surface area contributed by atoms with Crippen molar-refractivity contribution in [2.24, 2.45) is 0 Å². The van der Waals surface area contributed by atoms with Gasteiger partial charge in [-0.25, -0.2) is 4.39 Å². The van der Waals surface area contributed by atoms with E-state index in [4.69, 9.17) is 21.6 Å². The third-order valence-corrected chi connectivity index (χ3v) is 5.50. The quantitative estimate of drug-likeness (QED) is 0.560. The number of nitriles is 1. The van der Waals surface area contributed by atoms with Crippen molar-refractivity contribution in [2.75, 3.05) is 31.6 Å². The first kappa shape index (κ1) is 22.9. The molecule has 7 nitrogen and oxygen atoms in total. The van der Waals surface area contributed by atoms with Crippen LogP contribution in [0, 0.1) is 17.1 Å². The molecule has 172 valence electrons. The van der Waals surface area contributed by atoms with Crippen LogP contribution in [0.2, 0.25) is 5.02 Å². The second-order valence-electron chi connectivity index (χ2n) is 7.36. The van der Waals surface area contributed by atoms with Gasteiger partial charge in [-0.15, -0.1) is 0 Å². The molecule has 1 fully saturated rings. The molecular weight excluding hydrogens is 464 g/mol. The molecule has 0 spiro atoms. The number of benzene rings is 1. The topological polar surface area (TPSA) is 87.0 Å². The number of aromatic nitrogens is 3. The predicted octanol–water partition coefficient (Wildman–Crippen LogP) is 4.20. The molecule has 1 saturated heterocycles. The Morgan fingerprint density at radius 3 is 2.82 bits per heavy atom. The Labute approximate surface area is 191 Å². The van der Waals surface area contributed by atoms with Crippen molar-refractivity contribution in [3.63, 3.8) is 0 Å². The Hall–Kier alpha value is -3.23. The van der Waals surface area contributed by atoms with E-state index < -0.39 is 28.8 Å². The molecule has 1 aromatic carbocycles. The lowest BCUT2D eigenvalue weighted by Crippen LogP contribution is -2.51. The number of ether oxygens (including phenoxy) is 1. The van der Waals surface area contributed by atoms with Crippen molar-refractivity contribution < 1.29 is 22.3 Å². The highest BCUT2D eigenvalue weighted by molar-refractivity contribution is 6.30. The molecule has 1 aliphatic rings. The summed E-state index contributed by atoms with van der Waals surface area (Å²) in [4.78, 5) is 14.2. The van der Waals surface area contributed by atoms with Gasteiger partial charge in [-0.05, 0) is 18.2 Å². The lowest BCUT2D eigenvalue weighted by atomic mass is 10.0. The fraction of sp³-hybridized carbons (Fsp3) is 0.333. The average Bonchev–Trinajstić information content (AvgIpc) is 2.78. The van der Waals surface area contributed by atoms with E-state index in [1.54, 1.807) is 0 Å². The summed E-state index contributed by atoms with van der Waals surface area (Å²) in [5, 5.41) is 12.4. The lowest BCUT2D eigenvalue weighted by molar-refractivity contribution is -0.137. The number of pyridine rings is 1. The molecule has 33 heavy (non-hydrogen) atoms. The molecule has 1 N–H and O–H groups in total. The molecule has 2 aromatic heterocycles. The molecule has 1 atom stereocenters. The van der Waals surface area contributed by atoms with Crippen LogP contribution in [0.4, 0.5) is 23.4 Å². The van der Waals surface area contributed by atoms with Crippen molar-refractivity contribution >= 4 is 28.3 Å². The van der Waals surface area contributed by atoms with Crippen LogP contribution >= 0.6 is 11.6 Å². The molecule has 1 unspecified atom stereocenters. The maximum atomic E-state index is 15.6. The van der Waals surface area contributed by atoms with Gasteiger partial charge in [-0.1, -0.05) is 11.6 Å². The minimum Gasteiger partial charge on any atom is -0.467 e. The summed E-state index contributed by atoms with van der Waals surface area (Å²) < 4.78 is 61.4. The largest absolute Gasteiger partial charge is 0.467 e. The summed E-state index contributed by atoms with van der Waals surface area (Å²) in [6.07, 6.45) is -3.23. The zero-order chi connectivity index (χ0) is 23.8. The summed E-state index contributed by atoms with van der Waals surface area (Å²) in [6, 6.07) is 4.71. The lowest BCUT2D eigenvalue weighted by Gasteiger charge is -2.34. The highest BCUT2D eigenvalue weighted by Gasteiger charge is 2.35. The molecule has 0 bridgehead atoms. The average molecular weight is 481 g/mol. The zero-order valence-corrected chi connectivity index (χ0v) is 18.0. The first-order valence-corrected chi connectivity index (χ1v) is 10.2.